The van der Waals surface area contributed by atoms with E-state index in [0.717, 1.165) is 31.5 Å². The minimum Gasteiger partial charge on any atom is -0.355 e. The molecule has 2 aliphatic heterocycles. The van der Waals surface area contributed by atoms with Gasteiger partial charge in [0.1, 0.15) is 0 Å². The van der Waals surface area contributed by atoms with E-state index in [-0.39, 0.29) is 5.91 Å². The normalized spacial score (nSPS) is 25.6. The molecule has 0 radical (unpaired) electrons. The first kappa shape index (κ1) is 19.2. The lowest BCUT2D eigenvalue weighted by atomic mass is 9.89. The number of amides is 1. The maximum Gasteiger partial charge on any atom is 0.234 e. The van der Waals surface area contributed by atoms with Gasteiger partial charge in [-0.1, -0.05) is 32.1 Å². The quantitative estimate of drug-likeness (QED) is 0.799. The van der Waals surface area contributed by atoms with Gasteiger partial charge in [0.2, 0.25) is 5.91 Å². The topological polar surface area (TPSA) is 35.6 Å². The molecule has 1 N–H and O–H groups in total. The summed E-state index contributed by atoms with van der Waals surface area (Å²) in [7, 11) is 0. The fourth-order valence-electron chi connectivity index (χ4n) is 4.92. The molecule has 1 aliphatic carbocycles. The molecule has 0 aromatic carbocycles. The van der Waals surface area contributed by atoms with Crippen LogP contribution in [-0.4, -0.2) is 61.5 Å². The largest absolute Gasteiger partial charge is 0.355 e. The van der Waals surface area contributed by atoms with Crippen LogP contribution in [0.15, 0.2) is 0 Å². The number of hydrogen-bond acceptors (Lipinski definition) is 3. The van der Waals surface area contributed by atoms with E-state index in [4.69, 9.17) is 0 Å². The summed E-state index contributed by atoms with van der Waals surface area (Å²) in [6.45, 7) is 7.65. The van der Waals surface area contributed by atoms with Gasteiger partial charge in [-0.15, -0.1) is 0 Å². The maximum absolute atomic E-state index is 12.2. The summed E-state index contributed by atoms with van der Waals surface area (Å²) < 4.78 is 0. The highest BCUT2D eigenvalue weighted by Crippen LogP contribution is 2.23. The molecule has 0 aromatic heterocycles. The van der Waals surface area contributed by atoms with E-state index in [9.17, 15) is 4.79 Å². The smallest absolute Gasteiger partial charge is 0.234 e. The van der Waals surface area contributed by atoms with Crippen molar-refractivity contribution in [2.75, 3.05) is 45.8 Å². The van der Waals surface area contributed by atoms with Crippen LogP contribution in [0.1, 0.15) is 70.6 Å². The van der Waals surface area contributed by atoms with Gasteiger partial charge >= 0.3 is 0 Å². The first-order valence-electron chi connectivity index (χ1n) is 11.0. The summed E-state index contributed by atoms with van der Waals surface area (Å²) >= 11 is 0. The van der Waals surface area contributed by atoms with Crippen LogP contribution in [0, 0.1) is 11.8 Å². The van der Waals surface area contributed by atoms with Crippen LogP contribution in [0.5, 0.6) is 0 Å². The highest BCUT2D eigenvalue weighted by Gasteiger charge is 2.23. The van der Waals surface area contributed by atoms with E-state index in [1.54, 1.807) is 0 Å². The third-order valence-electron chi connectivity index (χ3n) is 6.60. The van der Waals surface area contributed by atoms with Crippen molar-refractivity contribution >= 4 is 5.91 Å². The van der Waals surface area contributed by atoms with Crippen molar-refractivity contribution in [2.45, 2.75) is 70.6 Å². The molecule has 4 nitrogen and oxygen atoms in total. The first-order valence-corrected chi connectivity index (χ1v) is 11.0. The molecular formula is C21H39N3O. The van der Waals surface area contributed by atoms with Crippen molar-refractivity contribution in [3.05, 3.63) is 0 Å². The monoisotopic (exact) mass is 349 g/mol. The van der Waals surface area contributed by atoms with E-state index in [1.165, 1.54) is 90.3 Å². The number of hydrogen-bond donors (Lipinski definition) is 1. The molecule has 0 unspecified atom stereocenters. The van der Waals surface area contributed by atoms with Crippen molar-refractivity contribution in [3.8, 4) is 0 Å². The molecule has 1 saturated carbocycles. The summed E-state index contributed by atoms with van der Waals surface area (Å²) in [6, 6.07) is 0. The number of carbonyl (C=O) groups excluding carboxylic acids is 1. The first-order chi connectivity index (χ1) is 12.3. The third-order valence-corrected chi connectivity index (χ3v) is 6.60. The minimum atomic E-state index is 0.247. The Balaban J connectivity index is 1.28. The summed E-state index contributed by atoms with van der Waals surface area (Å²) in [6.07, 6.45) is 14.9. The SMILES string of the molecule is O=C(CN1CCC(CN2CCCCCC2)CC1)NCC1CCCCC1. The molecule has 2 saturated heterocycles. The Bertz CT molecular complexity index is 379. The van der Waals surface area contributed by atoms with Crippen LogP contribution in [0.2, 0.25) is 0 Å². The van der Waals surface area contributed by atoms with E-state index in [0.29, 0.717) is 6.54 Å². The molecule has 4 heteroatoms. The van der Waals surface area contributed by atoms with Crippen LogP contribution in [0.3, 0.4) is 0 Å². The van der Waals surface area contributed by atoms with Crippen molar-refractivity contribution in [1.29, 1.82) is 0 Å². The zero-order valence-electron chi connectivity index (χ0n) is 16.2. The predicted molar refractivity (Wildman–Crippen MR) is 104 cm³/mol. The van der Waals surface area contributed by atoms with E-state index in [2.05, 4.69) is 15.1 Å². The van der Waals surface area contributed by atoms with Gasteiger partial charge in [0.25, 0.3) is 0 Å². The molecule has 3 rings (SSSR count). The molecule has 3 fully saturated rings. The Hall–Kier alpha value is -0.610. The van der Waals surface area contributed by atoms with Gasteiger partial charge in [-0.05, 0) is 76.5 Å². The molecule has 3 aliphatic rings. The molecular weight excluding hydrogens is 310 g/mol. The Morgan fingerprint density at radius 2 is 1.36 bits per heavy atom. The van der Waals surface area contributed by atoms with Gasteiger partial charge in [-0.2, -0.15) is 0 Å². The number of piperidine rings is 1. The summed E-state index contributed by atoms with van der Waals surface area (Å²) in [5.41, 5.74) is 0. The van der Waals surface area contributed by atoms with Crippen molar-refractivity contribution in [1.82, 2.24) is 15.1 Å². The summed E-state index contributed by atoms with van der Waals surface area (Å²) in [4.78, 5) is 17.3. The molecule has 25 heavy (non-hydrogen) atoms. The van der Waals surface area contributed by atoms with Crippen molar-refractivity contribution < 1.29 is 4.79 Å². The standard InChI is InChI=1S/C21H39N3O/c25-21(22-16-19-8-4-3-5-9-19)18-24-14-10-20(11-15-24)17-23-12-6-1-2-7-13-23/h19-20H,1-18H2,(H,22,25). The fraction of sp³-hybridized carbons (Fsp3) is 0.952. The fourth-order valence-corrected chi connectivity index (χ4v) is 4.92. The molecule has 1 amide bonds. The van der Waals surface area contributed by atoms with Crippen LogP contribution in [0.4, 0.5) is 0 Å². The summed E-state index contributed by atoms with van der Waals surface area (Å²) in [5, 5.41) is 3.19. The van der Waals surface area contributed by atoms with E-state index in [1.807, 2.05) is 0 Å². The van der Waals surface area contributed by atoms with Crippen LogP contribution in [-0.2, 0) is 4.79 Å². The van der Waals surface area contributed by atoms with Gasteiger partial charge in [-0.25, -0.2) is 0 Å². The van der Waals surface area contributed by atoms with Crippen molar-refractivity contribution in [3.63, 3.8) is 0 Å². The molecule has 0 aromatic rings. The van der Waals surface area contributed by atoms with Crippen LogP contribution in [0.25, 0.3) is 0 Å². The zero-order valence-corrected chi connectivity index (χ0v) is 16.2. The van der Waals surface area contributed by atoms with Crippen LogP contribution >= 0.6 is 0 Å². The molecule has 2 heterocycles. The summed E-state index contributed by atoms with van der Waals surface area (Å²) in [5.74, 6) is 1.83. The Labute approximate surface area is 154 Å². The van der Waals surface area contributed by atoms with Gasteiger partial charge in [-0.3, -0.25) is 9.69 Å². The number of likely N-dealkylation sites (tertiary alicyclic amines) is 2. The highest BCUT2D eigenvalue weighted by molar-refractivity contribution is 5.78. The Kier molecular flexibility index (Phi) is 8.06. The second-order valence-corrected chi connectivity index (χ2v) is 8.74. The lowest BCUT2D eigenvalue weighted by molar-refractivity contribution is -0.122. The Morgan fingerprint density at radius 1 is 0.720 bits per heavy atom. The highest BCUT2D eigenvalue weighted by atomic mass is 16.2. The number of nitrogens with one attached hydrogen (secondary N) is 1. The van der Waals surface area contributed by atoms with Crippen LogP contribution < -0.4 is 5.32 Å². The average molecular weight is 350 g/mol. The lowest BCUT2D eigenvalue weighted by Crippen LogP contribution is -2.44. The molecule has 0 spiro atoms. The number of carbonyl (C=O) groups is 1. The number of rotatable bonds is 6. The molecule has 0 bridgehead atoms. The molecule has 144 valence electrons. The second-order valence-electron chi connectivity index (χ2n) is 8.74. The van der Waals surface area contributed by atoms with Gasteiger partial charge in [0, 0.05) is 13.1 Å². The van der Waals surface area contributed by atoms with E-state index < -0.39 is 0 Å². The van der Waals surface area contributed by atoms with Gasteiger partial charge in [0.05, 0.1) is 6.54 Å². The average Bonchev–Trinajstić information content (AvgIpc) is 2.91. The molecule has 0 atom stereocenters. The minimum absolute atomic E-state index is 0.247. The van der Waals surface area contributed by atoms with Gasteiger partial charge < -0.3 is 10.2 Å². The number of nitrogens with zero attached hydrogens (tertiary/aromatic N) is 2. The zero-order chi connectivity index (χ0) is 17.3. The third kappa shape index (κ3) is 6.90. The Morgan fingerprint density at radius 3 is 2.04 bits per heavy atom. The van der Waals surface area contributed by atoms with E-state index >= 15 is 0 Å². The second kappa shape index (κ2) is 10.5. The predicted octanol–water partition coefficient (Wildman–Crippen LogP) is 3.27. The van der Waals surface area contributed by atoms with Gasteiger partial charge in [0.15, 0.2) is 0 Å². The maximum atomic E-state index is 12.2. The lowest BCUT2D eigenvalue weighted by Gasteiger charge is -2.34. The van der Waals surface area contributed by atoms with Crippen molar-refractivity contribution in [2.24, 2.45) is 11.8 Å².